The maximum absolute atomic E-state index is 11.0. The van der Waals surface area contributed by atoms with Crippen LogP contribution in [0.2, 0.25) is 0 Å². The standard InChI is InChI=1S/C8H11NO/c1-3-9-6-7(2)4-5-8(9)10/h4-6H,3H2,1-2H3. The minimum atomic E-state index is 0.0769. The molecule has 0 aliphatic heterocycles. The summed E-state index contributed by atoms with van der Waals surface area (Å²) in [5.41, 5.74) is 1.20. The second-order valence-corrected chi connectivity index (χ2v) is 2.33. The van der Waals surface area contributed by atoms with Crippen molar-refractivity contribution < 1.29 is 0 Å². The molecule has 1 aromatic heterocycles. The van der Waals surface area contributed by atoms with Crippen LogP contribution >= 0.6 is 0 Å². The zero-order chi connectivity index (χ0) is 7.56. The molecule has 0 unspecified atom stereocenters. The fourth-order valence-corrected chi connectivity index (χ4v) is 0.898. The van der Waals surface area contributed by atoms with Crippen LogP contribution in [0.3, 0.4) is 0 Å². The van der Waals surface area contributed by atoms with E-state index in [0.717, 1.165) is 12.1 Å². The molecule has 0 atom stereocenters. The summed E-state index contributed by atoms with van der Waals surface area (Å²) in [7, 11) is 0. The summed E-state index contributed by atoms with van der Waals surface area (Å²) in [4.78, 5) is 11.0. The topological polar surface area (TPSA) is 22.0 Å². The molecule has 0 saturated carbocycles. The van der Waals surface area contributed by atoms with Gasteiger partial charge in [-0.3, -0.25) is 4.79 Å². The minimum absolute atomic E-state index is 0.0769. The normalized spacial score (nSPS) is 9.80. The van der Waals surface area contributed by atoms with Crippen molar-refractivity contribution in [3.8, 4) is 0 Å². The first-order valence-corrected chi connectivity index (χ1v) is 3.41. The molecular formula is C8H11NO. The quantitative estimate of drug-likeness (QED) is 0.569. The van der Waals surface area contributed by atoms with Gasteiger partial charge in [0.25, 0.3) is 5.56 Å². The van der Waals surface area contributed by atoms with Gasteiger partial charge in [-0.2, -0.15) is 0 Å². The van der Waals surface area contributed by atoms with Gasteiger partial charge in [-0.15, -0.1) is 0 Å². The summed E-state index contributed by atoms with van der Waals surface area (Å²) in [5, 5.41) is 0. The van der Waals surface area contributed by atoms with E-state index in [9.17, 15) is 4.79 Å². The minimum Gasteiger partial charge on any atom is -0.316 e. The van der Waals surface area contributed by atoms with Crippen molar-refractivity contribution in [2.24, 2.45) is 0 Å². The van der Waals surface area contributed by atoms with Crippen molar-refractivity contribution >= 4 is 0 Å². The zero-order valence-electron chi connectivity index (χ0n) is 6.29. The van der Waals surface area contributed by atoms with Crippen molar-refractivity contribution in [3.05, 3.63) is 34.2 Å². The molecule has 0 amide bonds. The van der Waals surface area contributed by atoms with E-state index in [4.69, 9.17) is 0 Å². The maximum atomic E-state index is 11.0. The van der Waals surface area contributed by atoms with E-state index in [2.05, 4.69) is 0 Å². The molecule has 0 aliphatic rings. The molecule has 1 heterocycles. The molecular weight excluding hydrogens is 126 g/mol. The highest BCUT2D eigenvalue weighted by Gasteiger charge is 1.90. The Kier molecular flexibility index (Phi) is 1.90. The van der Waals surface area contributed by atoms with Crippen molar-refractivity contribution in [3.63, 3.8) is 0 Å². The van der Waals surface area contributed by atoms with Crippen LogP contribution in [0.25, 0.3) is 0 Å². The van der Waals surface area contributed by atoms with Crippen molar-refractivity contribution in [1.29, 1.82) is 0 Å². The van der Waals surface area contributed by atoms with Crippen molar-refractivity contribution in [1.82, 2.24) is 4.57 Å². The monoisotopic (exact) mass is 137 g/mol. The lowest BCUT2D eigenvalue weighted by molar-refractivity contribution is 0.723. The van der Waals surface area contributed by atoms with Crippen LogP contribution in [-0.4, -0.2) is 4.57 Å². The van der Waals surface area contributed by atoms with E-state index in [0.29, 0.717) is 0 Å². The van der Waals surface area contributed by atoms with Gasteiger partial charge in [0.05, 0.1) is 0 Å². The first kappa shape index (κ1) is 7.06. The third kappa shape index (κ3) is 1.26. The lowest BCUT2D eigenvalue weighted by Crippen LogP contribution is -2.16. The predicted molar refractivity (Wildman–Crippen MR) is 41.1 cm³/mol. The highest BCUT2D eigenvalue weighted by Crippen LogP contribution is 1.90. The van der Waals surface area contributed by atoms with Crippen LogP contribution < -0.4 is 5.56 Å². The Morgan fingerprint density at radius 1 is 1.50 bits per heavy atom. The molecule has 10 heavy (non-hydrogen) atoms. The van der Waals surface area contributed by atoms with Gasteiger partial charge in [-0.05, 0) is 19.4 Å². The fourth-order valence-electron chi connectivity index (χ4n) is 0.898. The number of aryl methyl sites for hydroxylation is 2. The number of hydrogen-bond acceptors (Lipinski definition) is 1. The summed E-state index contributed by atoms with van der Waals surface area (Å²) in [6.07, 6.45) is 1.86. The second kappa shape index (κ2) is 2.69. The molecule has 0 spiro atoms. The van der Waals surface area contributed by atoms with Crippen molar-refractivity contribution in [2.75, 3.05) is 0 Å². The summed E-state index contributed by atoms with van der Waals surface area (Å²) in [5.74, 6) is 0. The molecule has 0 N–H and O–H groups in total. The lowest BCUT2D eigenvalue weighted by Gasteiger charge is -2.00. The number of rotatable bonds is 1. The molecule has 0 bridgehead atoms. The van der Waals surface area contributed by atoms with Gasteiger partial charge in [-0.1, -0.05) is 6.07 Å². The first-order chi connectivity index (χ1) is 4.74. The number of pyridine rings is 1. The maximum Gasteiger partial charge on any atom is 0.250 e. The van der Waals surface area contributed by atoms with Crippen LogP contribution in [-0.2, 0) is 6.54 Å². The van der Waals surface area contributed by atoms with Gasteiger partial charge in [0.2, 0.25) is 0 Å². The Morgan fingerprint density at radius 2 is 2.20 bits per heavy atom. The molecule has 0 saturated heterocycles. The zero-order valence-corrected chi connectivity index (χ0v) is 6.29. The third-order valence-electron chi connectivity index (χ3n) is 1.47. The SMILES string of the molecule is CCn1cc(C)ccc1=O. The molecule has 0 aliphatic carbocycles. The van der Waals surface area contributed by atoms with Gasteiger partial charge >= 0.3 is 0 Å². The molecule has 1 aromatic rings. The Balaban J connectivity index is 3.22. The first-order valence-electron chi connectivity index (χ1n) is 3.41. The van der Waals surface area contributed by atoms with Crippen LogP contribution in [0.4, 0.5) is 0 Å². The highest BCUT2D eigenvalue weighted by atomic mass is 16.1. The molecule has 2 heteroatoms. The Morgan fingerprint density at radius 3 is 2.70 bits per heavy atom. The van der Waals surface area contributed by atoms with Gasteiger partial charge in [-0.25, -0.2) is 0 Å². The van der Waals surface area contributed by atoms with E-state index < -0.39 is 0 Å². The molecule has 2 nitrogen and oxygen atoms in total. The predicted octanol–water partition coefficient (Wildman–Crippen LogP) is 1.18. The van der Waals surface area contributed by atoms with Crippen LogP contribution in [0.5, 0.6) is 0 Å². The summed E-state index contributed by atoms with van der Waals surface area (Å²) in [6, 6.07) is 3.42. The van der Waals surface area contributed by atoms with Gasteiger partial charge in [0.1, 0.15) is 0 Å². The van der Waals surface area contributed by atoms with Crippen LogP contribution in [0.1, 0.15) is 12.5 Å². The highest BCUT2D eigenvalue weighted by molar-refractivity contribution is 5.06. The van der Waals surface area contributed by atoms with E-state index in [1.807, 2.05) is 26.1 Å². The Labute approximate surface area is 60.1 Å². The van der Waals surface area contributed by atoms with E-state index >= 15 is 0 Å². The average Bonchev–Trinajstić information content (AvgIpc) is 1.94. The fraction of sp³-hybridized carbons (Fsp3) is 0.375. The summed E-state index contributed by atoms with van der Waals surface area (Å²) >= 11 is 0. The van der Waals surface area contributed by atoms with E-state index in [1.54, 1.807) is 10.6 Å². The van der Waals surface area contributed by atoms with E-state index in [1.165, 1.54) is 0 Å². The molecule has 0 aromatic carbocycles. The van der Waals surface area contributed by atoms with Crippen LogP contribution in [0.15, 0.2) is 23.1 Å². The van der Waals surface area contributed by atoms with Gasteiger partial charge in [0, 0.05) is 18.8 Å². The largest absolute Gasteiger partial charge is 0.316 e. The molecule has 0 radical (unpaired) electrons. The average molecular weight is 137 g/mol. The molecule has 0 fully saturated rings. The Hall–Kier alpha value is -1.05. The smallest absolute Gasteiger partial charge is 0.250 e. The lowest BCUT2D eigenvalue weighted by atomic mass is 10.3. The summed E-state index contributed by atoms with van der Waals surface area (Å²) < 4.78 is 1.69. The van der Waals surface area contributed by atoms with Crippen molar-refractivity contribution in [2.45, 2.75) is 20.4 Å². The van der Waals surface area contributed by atoms with E-state index in [-0.39, 0.29) is 5.56 Å². The number of aromatic nitrogens is 1. The second-order valence-electron chi connectivity index (χ2n) is 2.33. The van der Waals surface area contributed by atoms with Crippen LogP contribution in [0, 0.1) is 6.92 Å². The number of nitrogens with zero attached hydrogens (tertiary/aromatic N) is 1. The third-order valence-corrected chi connectivity index (χ3v) is 1.47. The van der Waals surface area contributed by atoms with Gasteiger partial charge in [0.15, 0.2) is 0 Å². The Bertz CT molecular complexity index is 275. The molecule has 54 valence electrons. The molecule has 1 rings (SSSR count). The summed E-state index contributed by atoms with van der Waals surface area (Å²) in [6.45, 7) is 4.69. The van der Waals surface area contributed by atoms with Gasteiger partial charge < -0.3 is 4.57 Å². The number of hydrogen-bond donors (Lipinski definition) is 0.